The predicted octanol–water partition coefficient (Wildman–Crippen LogP) is 4.12. The van der Waals surface area contributed by atoms with Crippen molar-refractivity contribution in [2.45, 2.75) is 56.6 Å². The van der Waals surface area contributed by atoms with E-state index < -0.39 is 0 Å². The second kappa shape index (κ2) is 5.57. The van der Waals surface area contributed by atoms with Gasteiger partial charge < -0.3 is 15.2 Å². The minimum atomic E-state index is -0.245. The molecule has 0 bridgehead atoms. The zero-order valence-electron chi connectivity index (χ0n) is 12.0. The Hall–Kier alpha value is -0.740. The summed E-state index contributed by atoms with van der Waals surface area (Å²) in [6, 6.07) is 4.07. The third-order valence-corrected chi connectivity index (χ3v) is 5.07. The van der Waals surface area contributed by atoms with Crippen LogP contribution in [-0.4, -0.2) is 13.2 Å². The van der Waals surface area contributed by atoms with Crippen LogP contribution < -0.4 is 15.2 Å². The lowest BCUT2D eigenvalue weighted by Gasteiger charge is -2.40. The Morgan fingerprint density at radius 2 is 1.90 bits per heavy atom. The lowest BCUT2D eigenvalue weighted by molar-refractivity contribution is 0.182. The summed E-state index contributed by atoms with van der Waals surface area (Å²) in [5.74, 6) is 1.66. The molecule has 0 amide bonds. The normalized spacial score (nSPS) is 21.6. The van der Waals surface area contributed by atoms with Gasteiger partial charge >= 0.3 is 0 Å². The highest BCUT2D eigenvalue weighted by molar-refractivity contribution is 9.10. The Balaban J connectivity index is 1.99. The fourth-order valence-corrected chi connectivity index (χ4v) is 3.65. The third-order valence-electron chi connectivity index (χ3n) is 4.61. The molecule has 2 aliphatic carbocycles. The Morgan fingerprint density at radius 3 is 2.45 bits per heavy atom. The van der Waals surface area contributed by atoms with Crippen molar-refractivity contribution in [2.75, 3.05) is 7.11 Å². The highest BCUT2D eigenvalue weighted by Gasteiger charge is 2.38. The van der Waals surface area contributed by atoms with Crippen molar-refractivity contribution >= 4 is 15.9 Å². The smallest absolute Gasteiger partial charge is 0.166 e. The van der Waals surface area contributed by atoms with Crippen LogP contribution in [-0.2, 0) is 5.54 Å². The Kier molecular flexibility index (Phi) is 3.95. The number of hydrogen-bond donors (Lipinski definition) is 1. The second-order valence-corrected chi connectivity index (χ2v) is 6.93. The van der Waals surface area contributed by atoms with Crippen molar-refractivity contribution in [3.05, 3.63) is 22.2 Å². The first-order valence-corrected chi connectivity index (χ1v) is 8.25. The molecule has 2 fully saturated rings. The van der Waals surface area contributed by atoms with Gasteiger partial charge in [-0.3, -0.25) is 0 Å². The third kappa shape index (κ3) is 2.56. The molecular weight excluding hydrogens is 318 g/mol. The summed E-state index contributed by atoms with van der Waals surface area (Å²) in [7, 11) is 1.69. The molecule has 0 unspecified atom stereocenters. The average molecular weight is 340 g/mol. The van der Waals surface area contributed by atoms with Gasteiger partial charge in [0.2, 0.25) is 0 Å². The van der Waals surface area contributed by atoms with E-state index in [2.05, 4.69) is 22.0 Å². The molecule has 2 saturated carbocycles. The van der Waals surface area contributed by atoms with Gasteiger partial charge in [-0.25, -0.2) is 0 Å². The number of benzene rings is 1. The summed E-state index contributed by atoms with van der Waals surface area (Å²) < 4.78 is 12.8. The molecule has 0 spiro atoms. The number of halogens is 1. The molecule has 3 rings (SSSR count). The largest absolute Gasteiger partial charge is 0.493 e. The van der Waals surface area contributed by atoms with Crippen molar-refractivity contribution in [3.8, 4) is 11.5 Å². The quantitative estimate of drug-likeness (QED) is 0.897. The van der Waals surface area contributed by atoms with Crippen LogP contribution in [0, 0.1) is 0 Å². The minimum absolute atomic E-state index is 0.245. The summed E-state index contributed by atoms with van der Waals surface area (Å²) in [6.07, 6.45) is 8.33. The Bertz CT molecular complexity index is 493. The van der Waals surface area contributed by atoms with Crippen LogP contribution in [0.25, 0.3) is 0 Å². The zero-order valence-corrected chi connectivity index (χ0v) is 13.5. The van der Waals surface area contributed by atoms with Crippen molar-refractivity contribution < 1.29 is 9.47 Å². The Labute approximate surface area is 129 Å². The summed E-state index contributed by atoms with van der Waals surface area (Å²) in [5.41, 5.74) is 7.39. The monoisotopic (exact) mass is 339 g/mol. The van der Waals surface area contributed by atoms with Gasteiger partial charge in [-0.15, -0.1) is 0 Å². The molecule has 2 aliphatic rings. The zero-order chi connectivity index (χ0) is 14.2. The lowest BCUT2D eigenvalue weighted by Crippen LogP contribution is -2.43. The molecule has 4 heteroatoms. The summed E-state index contributed by atoms with van der Waals surface area (Å²) in [6.45, 7) is 0. The summed E-state index contributed by atoms with van der Waals surface area (Å²) in [4.78, 5) is 0. The fourth-order valence-electron chi connectivity index (χ4n) is 3.21. The fraction of sp³-hybridized carbons (Fsp3) is 0.625. The summed E-state index contributed by atoms with van der Waals surface area (Å²) >= 11 is 3.56. The number of ether oxygens (including phenoxy) is 2. The maximum absolute atomic E-state index is 6.54. The standard InChI is InChI=1S/C16H22BrNO2/c1-19-14-10-11(17)9-13(16(18)7-4-8-16)15(14)20-12-5-2-3-6-12/h9-10,12H,2-8,18H2,1H3. The van der Waals surface area contributed by atoms with E-state index in [1.54, 1.807) is 7.11 Å². The van der Waals surface area contributed by atoms with Crippen LogP contribution in [0.2, 0.25) is 0 Å². The van der Waals surface area contributed by atoms with Gasteiger partial charge in [0.1, 0.15) is 0 Å². The minimum Gasteiger partial charge on any atom is -0.493 e. The number of rotatable bonds is 4. The van der Waals surface area contributed by atoms with Crippen molar-refractivity contribution in [3.63, 3.8) is 0 Å². The van der Waals surface area contributed by atoms with E-state index in [1.165, 1.54) is 19.3 Å². The van der Waals surface area contributed by atoms with Crippen molar-refractivity contribution in [1.29, 1.82) is 0 Å². The molecule has 0 atom stereocenters. The van der Waals surface area contributed by atoms with Crippen LogP contribution in [0.15, 0.2) is 16.6 Å². The molecule has 110 valence electrons. The van der Waals surface area contributed by atoms with E-state index in [9.17, 15) is 0 Å². The topological polar surface area (TPSA) is 44.5 Å². The lowest BCUT2D eigenvalue weighted by atomic mass is 9.72. The van der Waals surface area contributed by atoms with Gasteiger partial charge in [0.05, 0.1) is 13.2 Å². The van der Waals surface area contributed by atoms with Crippen molar-refractivity contribution in [1.82, 2.24) is 0 Å². The molecule has 1 aromatic rings. The molecule has 0 heterocycles. The van der Waals surface area contributed by atoms with Gasteiger partial charge in [0, 0.05) is 15.6 Å². The summed E-state index contributed by atoms with van der Waals surface area (Å²) in [5, 5.41) is 0. The first kappa shape index (κ1) is 14.2. The molecule has 0 saturated heterocycles. The van der Waals surface area contributed by atoms with Crippen molar-refractivity contribution in [2.24, 2.45) is 5.73 Å². The number of hydrogen-bond acceptors (Lipinski definition) is 3. The van der Waals surface area contributed by atoms with E-state index in [0.29, 0.717) is 6.10 Å². The molecule has 0 aliphatic heterocycles. The maximum Gasteiger partial charge on any atom is 0.166 e. The van der Waals surface area contributed by atoms with Gasteiger partial charge in [0.15, 0.2) is 11.5 Å². The van der Waals surface area contributed by atoms with E-state index in [0.717, 1.165) is 47.2 Å². The highest BCUT2D eigenvalue weighted by Crippen LogP contribution is 2.48. The van der Waals surface area contributed by atoms with Crippen LogP contribution in [0.5, 0.6) is 11.5 Å². The maximum atomic E-state index is 6.54. The molecular formula is C16H22BrNO2. The van der Waals surface area contributed by atoms with Gasteiger partial charge in [-0.2, -0.15) is 0 Å². The molecule has 1 aromatic carbocycles. The number of methoxy groups -OCH3 is 1. The first-order valence-electron chi connectivity index (χ1n) is 7.46. The molecule has 20 heavy (non-hydrogen) atoms. The first-order chi connectivity index (χ1) is 9.62. The van der Waals surface area contributed by atoms with E-state index >= 15 is 0 Å². The SMILES string of the molecule is COc1cc(Br)cc(C2(N)CCC2)c1OC1CCCC1. The van der Waals surface area contributed by atoms with E-state index in [-0.39, 0.29) is 5.54 Å². The van der Waals surface area contributed by atoms with Crippen LogP contribution >= 0.6 is 15.9 Å². The Morgan fingerprint density at radius 1 is 1.20 bits per heavy atom. The van der Waals surface area contributed by atoms with Gasteiger partial charge in [0.25, 0.3) is 0 Å². The molecule has 0 radical (unpaired) electrons. The van der Waals surface area contributed by atoms with Crippen LogP contribution in [0.4, 0.5) is 0 Å². The predicted molar refractivity (Wildman–Crippen MR) is 83.3 cm³/mol. The van der Waals surface area contributed by atoms with E-state index in [1.807, 2.05) is 6.07 Å². The molecule has 2 N–H and O–H groups in total. The van der Waals surface area contributed by atoms with Crippen LogP contribution in [0.1, 0.15) is 50.5 Å². The van der Waals surface area contributed by atoms with Gasteiger partial charge in [-0.05, 0) is 57.1 Å². The highest BCUT2D eigenvalue weighted by atomic mass is 79.9. The molecule has 3 nitrogen and oxygen atoms in total. The van der Waals surface area contributed by atoms with E-state index in [4.69, 9.17) is 15.2 Å². The number of nitrogens with two attached hydrogens (primary N) is 1. The van der Waals surface area contributed by atoms with Gasteiger partial charge in [-0.1, -0.05) is 15.9 Å². The van der Waals surface area contributed by atoms with Crippen LogP contribution in [0.3, 0.4) is 0 Å². The second-order valence-electron chi connectivity index (χ2n) is 6.02. The molecule has 0 aromatic heterocycles. The average Bonchev–Trinajstić information content (AvgIpc) is 2.90.